The van der Waals surface area contributed by atoms with E-state index in [4.69, 9.17) is 0 Å². The van der Waals surface area contributed by atoms with Crippen LogP contribution in [0.15, 0.2) is 53.6 Å². The van der Waals surface area contributed by atoms with Gasteiger partial charge in [-0.05, 0) is 31.1 Å². The second-order valence-corrected chi connectivity index (χ2v) is 3.48. The topological polar surface area (TPSA) is 41.5 Å². The second-order valence-electron chi connectivity index (χ2n) is 3.48. The van der Waals surface area contributed by atoms with E-state index in [1.165, 1.54) is 6.08 Å². The third kappa shape index (κ3) is 5.66. The first-order valence-electron chi connectivity index (χ1n) is 5.42. The zero-order valence-corrected chi connectivity index (χ0v) is 10.8. The molecule has 0 aromatic carbocycles. The summed E-state index contributed by atoms with van der Waals surface area (Å²) in [6.45, 7) is 11.5. The molecule has 0 heterocycles. The fourth-order valence-electron chi connectivity index (χ4n) is 1.21. The molecule has 0 aliphatic carbocycles. The number of amides is 1. The van der Waals surface area contributed by atoms with E-state index in [0.29, 0.717) is 6.54 Å². The number of nitrogens with one attached hydrogen (secondary N) is 1. The maximum Gasteiger partial charge on any atom is 0.243 e. The molecule has 0 aromatic rings. The van der Waals surface area contributed by atoms with Crippen LogP contribution in [0.5, 0.6) is 0 Å². The predicted octanol–water partition coefficient (Wildman–Crippen LogP) is 2.44. The quantitative estimate of drug-likeness (QED) is 0.426. The molecule has 3 heteroatoms. The molecule has 0 atom stereocenters. The zero-order chi connectivity index (χ0) is 13.3. The Kier molecular flexibility index (Phi) is 7.35. The van der Waals surface area contributed by atoms with Crippen molar-refractivity contribution in [3.8, 4) is 0 Å². The summed E-state index contributed by atoms with van der Waals surface area (Å²) < 4.78 is 0. The average molecular weight is 232 g/mol. The number of hydrogen-bond acceptors (Lipinski definition) is 2. The van der Waals surface area contributed by atoms with Gasteiger partial charge >= 0.3 is 0 Å². The van der Waals surface area contributed by atoms with Gasteiger partial charge in [0.2, 0.25) is 5.91 Å². The number of allylic oxidation sites excluding steroid dienone is 4. The van der Waals surface area contributed by atoms with Gasteiger partial charge in [0.05, 0.1) is 12.3 Å². The minimum Gasteiger partial charge on any atom is -0.347 e. The van der Waals surface area contributed by atoms with Crippen molar-refractivity contribution in [1.82, 2.24) is 5.32 Å². The van der Waals surface area contributed by atoms with Gasteiger partial charge < -0.3 is 5.32 Å². The monoisotopic (exact) mass is 232 g/mol. The Morgan fingerprint density at radius 2 is 2.12 bits per heavy atom. The van der Waals surface area contributed by atoms with Gasteiger partial charge in [0.25, 0.3) is 0 Å². The smallest absolute Gasteiger partial charge is 0.243 e. The van der Waals surface area contributed by atoms with Crippen molar-refractivity contribution in [2.75, 3.05) is 13.6 Å². The van der Waals surface area contributed by atoms with Gasteiger partial charge in [-0.3, -0.25) is 9.79 Å². The van der Waals surface area contributed by atoms with Gasteiger partial charge in [-0.1, -0.05) is 31.4 Å². The lowest BCUT2D eigenvalue weighted by molar-refractivity contribution is -0.116. The summed E-state index contributed by atoms with van der Waals surface area (Å²) in [5.74, 6) is -0.210. The molecule has 0 aliphatic heterocycles. The minimum atomic E-state index is -0.210. The molecule has 0 radical (unpaired) electrons. The third-order valence-electron chi connectivity index (χ3n) is 2.11. The molecular formula is C14H20N2O. The summed E-state index contributed by atoms with van der Waals surface area (Å²) in [4.78, 5) is 15.3. The lowest BCUT2D eigenvalue weighted by Crippen LogP contribution is -2.29. The second kappa shape index (κ2) is 8.28. The van der Waals surface area contributed by atoms with Gasteiger partial charge in [-0.25, -0.2) is 0 Å². The van der Waals surface area contributed by atoms with Crippen LogP contribution in [0.1, 0.15) is 13.8 Å². The summed E-state index contributed by atoms with van der Waals surface area (Å²) in [5.41, 5.74) is 2.65. The van der Waals surface area contributed by atoms with Crippen molar-refractivity contribution in [2.45, 2.75) is 13.8 Å². The van der Waals surface area contributed by atoms with Crippen LogP contribution in [0.2, 0.25) is 0 Å². The Labute approximate surface area is 103 Å². The molecular weight excluding hydrogens is 212 g/mol. The highest BCUT2D eigenvalue weighted by molar-refractivity contribution is 6.06. The van der Waals surface area contributed by atoms with Crippen molar-refractivity contribution in [2.24, 2.45) is 4.99 Å². The number of carbonyl (C=O) groups excluding carboxylic acids is 1. The SMILES string of the molecule is C=CC(=O)NCC(=NC)/C(=C/C=C\C)C(=C)C. The van der Waals surface area contributed by atoms with E-state index in [-0.39, 0.29) is 5.91 Å². The first kappa shape index (κ1) is 15.1. The Bertz CT molecular complexity index is 387. The molecule has 17 heavy (non-hydrogen) atoms. The molecule has 92 valence electrons. The molecule has 1 N–H and O–H groups in total. The summed E-state index contributed by atoms with van der Waals surface area (Å²) in [6, 6.07) is 0. The largest absolute Gasteiger partial charge is 0.347 e. The highest BCUT2D eigenvalue weighted by Gasteiger charge is 2.07. The zero-order valence-electron chi connectivity index (χ0n) is 10.8. The molecule has 0 fully saturated rings. The summed E-state index contributed by atoms with van der Waals surface area (Å²) in [5, 5.41) is 2.70. The highest BCUT2D eigenvalue weighted by Crippen LogP contribution is 2.09. The fraction of sp³-hybridized carbons (Fsp3) is 0.286. The third-order valence-corrected chi connectivity index (χ3v) is 2.11. The maximum atomic E-state index is 11.1. The number of nitrogens with zero attached hydrogens (tertiary/aromatic N) is 1. The van der Waals surface area contributed by atoms with E-state index in [9.17, 15) is 4.79 Å². The van der Waals surface area contributed by atoms with Gasteiger partial charge in [0.1, 0.15) is 0 Å². The summed E-state index contributed by atoms with van der Waals surface area (Å²) in [6.07, 6.45) is 7.02. The van der Waals surface area contributed by atoms with E-state index in [1.807, 2.05) is 32.1 Å². The van der Waals surface area contributed by atoms with Crippen LogP contribution >= 0.6 is 0 Å². The van der Waals surface area contributed by atoms with Crippen LogP contribution in [0, 0.1) is 0 Å². The Morgan fingerprint density at radius 1 is 1.47 bits per heavy atom. The molecule has 0 saturated heterocycles. The van der Waals surface area contributed by atoms with E-state index in [2.05, 4.69) is 23.5 Å². The summed E-state index contributed by atoms with van der Waals surface area (Å²) >= 11 is 0. The number of hydrogen-bond donors (Lipinski definition) is 1. The molecule has 3 nitrogen and oxygen atoms in total. The maximum absolute atomic E-state index is 11.1. The molecule has 0 rings (SSSR count). The van der Waals surface area contributed by atoms with Crippen LogP contribution in [0.4, 0.5) is 0 Å². The van der Waals surface area contributed by atoms with Crippen molar-refractivity contribution >= 4 is 11.6 Å². The molecule has 0 spiro atoms. The van der Waals surface area contributed by atoms with Gasteiger partial charge in [-0.2, -0.15) is 0 Å². The van der Waals surface area contributed by atoms with E-state index in [1.54, 1.807) is 7.05 Å². The fourth-order valence-corrected chi connectivity index (χ4v) is 1.21. The van der Waals surface area contributed by atoms with Crippen molar-refractivity contribution in [3.63, 3.8) is 0 Å². The lowest BCUT2D eigenvalue weighted by atomic mass is 10.0. The van der Waals surface area contributed by atoms with Crippen molar-refractivity contribution in [1.29, 1.82) is 0 Å². The molecule has 1 amide bonds. The Hall–Kier alpha value is -1.90. The highest BCUT2D eigenvalue weighted by atomic mass is 16.1. The van der Waals surface area contributed by atoms with Crippen LogP contribution in [0.25, 0.3) is 0 Å². The first-order chi connectivity index (χ1) is 8.06. The molecule has 0 aromatic heterocycles. The first-order valence-corrected chi connectivity index (χ1v) is 5.42. The van der Waals surface area contributed by atoms with Gasteiger partial charge in [0.15, 0.2) is 0 Å². The van der Waals surface area contributed by atoms with Crippen molar-refractivity contribution in [3.05, 3.63) is 48.6 Å². The molecule has 0 bridgehead atoms. The summed E-state index contributed by atoms with van der Waals surface area (Å²) in [7, 11) is 1.70. The van der Waals surface area contributed by atoms with E-state index >= 15 is 0 Å². The van der Waals surface area contributed by atoms with E-state index < -0.39 is 0 Å². The van der Waals surface area contributed by atoms with Crippen LogP contribution in [0.3, 0.4) is 0 Å². The van der Waals surface area contributed by atoms with Gasteiger partial charge in [-0.15, -0.1) is 0 Å². The van der Waals surface area contributed by atoms with Gasteiger partial charge in [0, 0.05) is 7.05 Å². The average Bonchev–Trinajstić information content (AvgIpc) is 2.32. The number of aliphatic imine (C=N–C) groups is 1. The number of rotatable bonds is 6. The van der Waals surface area contributed by atoms with Crippen LogP contribution in [-0.4, -0.2) is 25.2 Å². The normalized spacial score (nSPS) is 12.6. The Morgan fingerprint density at radius 3 is 2.53 bits per heavy atom. The molecule has 0 aliphatic rings. The Balaban J connectivity index is 4.88. The molecule has 0 unspecified atom stereocenters. The standard InChI is InChI=1S/C14H20N2O/c1-6-8-9-12(11(3)4)13(15-5)10-16-14(17)7-2/h6-9H,2-3,10H2,1,4-5H3,(H,16,17)/b8-6-,12-9+,15-13?. The number of carbonyl (C=O) groups is 1. The molecule has 0 saturated carbocycles. The van der Waals surface area contributed by atoms with E-state index in [0.717, 1.165) is 16.9 Å². The predicted molar refractivity (Wildman–Crippen MR) is 74.3 cm³/mol. The minimum absolute atomic E-state index is 0.210. The lowest BCUT2D eigenvalue weighted by Gasteiger charge is -2.10. The van der Waals surface area contributed by atoms with Crippen LogP contribution in [-0.2, 0) is 4.79 Å². The van der Waals surface area contributed by atoms with Crippen LogP contribution < -0.4 is 5.32 Å². The van der Waals surface area contributed by atoms with Crippen molar-refractivity contribution < 1.29 is 4.79 Å².